The lowest BCUT2D eigenvalue weighted by Crippen LogP contribution is -2.10. The summed E-state index contributed by atoms with van der Waals surface area (Å²) in [5, 5.41) is 2.92. The van der Waals surface area contributed by atoms with Crippen LogP contribution in [0.4, 0.5) is 5.69 Å². The SMILES string of the molecule is CC(=O)Nc1cc(CSC(C)(C)C)cc(CSC(C)(C)C)c1. The minimum absolute atomic E-state index is 0.0185. The van der Waals surface area contributed by atoms with E-state index in [-0.39, 0.29) is 15.4 Å². The van der Waals surface area contributed by atoms with E-state index in [4.69, 9.17) is 0 Å². The summed E-state index contributed by atoms with van der Waals surface area (Å²) in [5.74, 6) is 1.91. The highest BCUT2D eigenvalue weighted by atomic mass is 32.2. The lowest BCUT2D eigenvalue weighted by molar-refractivity contribution is -0.114. The third kappa shape index (κ3) is 8.74. The quantitative estimate of drug-likeness (QED) is 0.745. The van der Waals surface area contributed by atoms with Gasteiger partial charge in [-0.15, -0.1) is 0 Å². The zero-order valence-electron chi connectivity index (χ0n) is 14.9. The highest BCUT2D eigenvalue weighted by Gasteiger charge is 2.14. The number of carbonyl (C=O) groups is 1. The predicted molar refractivity (Wildman–Crippen MR) is 103 cm³/mol. The Morgan fingerprint density at radius 3 is 1.64 bits per heavy atom. The Bertz CT molecular complexity index is 477. The summed E-state index contributed by atoms with van der Waals surface area (Å²) in [6.45, 7) is 14.9. The van der Waals surface area contributed by atoms with Crippen LogP contribution in [0.25, 0.3) is 0 Å². The molecule has 0 aliphatic heterocycles. The summed E-state index contributed by atoms with van der Waals surface area (Å²) >= 11 is 3.85. The number of rotatable bonds is 5. The summed E-state index contributed by atoms with van der Waals surface area (Å²) in [6, 6.07) is 6.44. The van der Waals surface area contributed by atoms with E-state index in [1.54, 1.807) is 6.92 Å². The lowest BCUT2D eigenvalue weighted by atomic mass is 10.1. The number of hydrogen-bond donors (Lipinski definition) is 1. The molecule has 0 fully saturated rings. The molecule has 124 valence electrons. The molecule has 1 rings (SSSR count). The maximum absolute atomic E-state index is 11.3. The van der Waals surface area contributed by atoms with Gasteiger partial charge in [0, 0.05) is 33.6 Å². The summed E-state index contributed by atoms with van der Waals surface area (Å²) in [4.78, 5) is 11.3. The molecule has 0 atom stereocenters. The molecule has 0 radical (unpaired) electrons. The van der Waals surface area contributed by atoms with Gasteiger partial charge < -0.3 is 5.32 Å². The summed E-state index contributed by atoms with van der Waals surface area (Å²) in [7, 11) is 0. The Labute approximate surface area is 144 Å². The topological polar surface area (TPSA) is 29.1 Å². The molecule has 0 heterocycles. The minimum Gasteiger partial charge on any atom is -0.326 e. The van der Waals surface area contributed by atoms with Gasteiger partial charge in [0.25, 0.3) is 0 Å². The third-order valence-electron chi connectivity index (χ3n) is 2.72. The molecule has 0 bridgehead atoms. The number of hydrogen-bond acceptors (Lipinski definition) is 3. The maximum atomic E-state index is 11.3. The fourth-order valence-electron chi connectivity index (χ4n) is 1.80. The van der Waals surface area contributed by atoms with Crippen LogP contribution in [-0.2, 0) is 16.3 Å². The van der Waals surface area contributed by atoms with Gasteiger partial charge >= 0.3 is 0 Å². The van der Waals surface area contributed by atoms with Gasteiger partial charge in [0.1, 0.15) is 0 Å². The molecule has 1 N–H and O–H groups in total. The van der Waals surface area contributed by atoms with Crippen LogP contribution in [0.15, 0.2) is 18.2 Å². The standard InChI is InChI=1S/C18H29NOS2/c1-13(20)19-16-9-14(11-21-17(2,3)4)8-15(10-16)12-22-18(5,6)7/h8-10H,11-12H2,1-7H3,(H,19,20). The number of amides is 1. The molecule has 0 saturated carbocycles. The van der Waals surface area contributed by atoms with Crippen LogP contribution in [0, 0.1) is 0 Å². The molecule has 22 heavy (non-hydrogen) atoms. The van der Waals surface area contributed by atoms with Crippen molar-refractivity contribution in [3.63, 3.8) is 0 Å². The number of thioether (sulfide) groups is 2. The van der Waals surface area contributed by atoms with E-state index in [2.05, 4.69) is 65.1 Å². The summed E-state index contributed by atoms with van der Waals surface area (Å²) in [6.07, 6.45) is 0. The van der Waals surface area contributed by atoms with E-state index >= 15 is 0 Å². The van der Waals surface area contributed by atoms with Crippen LogP contribution in [-0.4, -0.2) is 15.4 Å². The van der Waals surface area contributed by atoms with Gasteiger partial charge in [-0.1, -0.05) is 47.6 Å². The van der Waals surface area contributed by atoms with Crippen molar-refractivity contribution in [1.29, 1.82) is 0 Å². The van der Waals surface area contributed by atoms with Gasteiger partial charge in [0.15, 0.2) is 0 Å². The van der Waals surface area contributed by atoms with Crippen LogP contribution in [0.5, 0.6) is 0 Å². The second-order valence-electron chi connectivity index (χ2n) is 7.52. The van der Waals surface area contributed by atoms with Gasteiger partial charge in [-0.25, -0.2) is 0 Å². The first kappa shape index (κ1) is 19.4. The van der Waals surface area contributed by atoms with E-state index in [1.807, 2.05) is 23.5 Å². The number of nitrogens with one attached hydrogen (secondary N) is 1. The Morgan fingerprint density at radius 1 is 0.909 bits per heavy atom. The molecule has 2 nitrogen and oxygen atoms in total. The minimum atomic E-state index is -0.0185. The molecule has 0 saturated heterocycles. The molecule has 1 aromatic rings. The molecule has 0 aliphatic carbocycles. The molecular formula is C18H29NOS2. The molecule has 0 aliphatic rings. The molecular weight excluding hydrogens is 310 g/mol. The van der Waals surface area contributed by atoms with Gasteiger partial charge in [-0.3, -0.25) is 4.79 Å². The molecule has 0 unspecified atom stereocenters. The average Bonchev–Trinajstić information content (AvgIpc) is 2.31. The molecule has 4 heteroatoms. The van der Waals surface area contributed by atoms with E-state index in [9.17, 15) is 4.79 Å². The first-order chi connectivity index (χ1) is 9.94. The van der Waals surface area contributed by atoms with E-state index in [1.165, 1.54) is 11.1 Å². The second-order valence-corrected chi connectivity index (χ2v) is 11.1. The van der Waals surface area contributed by atoms with Crippen molar-refractivity contribution in [2.75, 3.05) is 5.32 Å². The Kier molecular flexibility index (Phi) is 6.87. The molecule has 0 spiro atoms. The van der Waals surface area contributed by atoms with Crippen LogP contribution >= 0.6 is 23.5 Å². The molecule has 1 amide bonds. The Morgan fingerprint density at radius 2 is 1.32 bits per heavy atom. The maximum Gasteiger partial charge on any atom is 0.221 e. The van der Waals surface area contributed by atoms with Gasteiger partial charge in [0.05, 0.1) is 0 Å². The van der Waals surface area contributed by atoms with Crippen molar-refractivity contribution in [1.82, 2.24) is 0 Å². The normalized spacial score (nSPS) is 12.3. The van der Waals surface area contributed by atoms with E-state index < -0.39 is 0 Å². The molecule has 0 aromatic heterocycles. The highest BCUT2D eigenvalue weighted by molar-refractivity contribution is 8.00. The fourth-order valence-corrected chi connectivity index (χ4v) is 3.34. The van der Waals surface area contributed by atoms with E-state index in [0.29, 0.717) is 0 Å². The first-order valence-electron chi connectivity index (χ1n) is 7.63. The van der Waals surface area contributed by atoms with Crippen LogP contribution in [0.3, 0.4) is 0 Å². The molecule has 1 aromatic carbocycles. The van der Waals surface area contributed by atoms with E-state index in [0.717, 1.165) is 17.2 Å². The van der Waals surface area contributed by atoms with Crippen molar-refractivity contribution in [3.8, 4) is 0 Å². The summed E-state index contributed by atoms with van der Waals surface area (Å²) < 4.78 is 0.481. The number of anilines is 1. The Balaban J connectivity index is 2.92. The zero-order chi connectivity index (χ0) is 17.0. The van der Waals surface area contributed by atoms with Crippen molar-refractivity contribution in [2.45, 2.75) is 69.5 Å². The lowest BCUT2D eigenvalue weighted by Gasteiger charge is -2.20. The monoisotopic (exact) mass is 339 g/mol. The zero-order valence-corrected chi connectivity index (χ0v) is 16.5. The van der Waals surface area contributed by atoms with Crippen LogP contribution in [0.1, 0.15) is 59.6 Å². The Hall–Kier alpha value is -0.610. The number of benzene rings is 1. The van der Waals surface area contributed by atoms with Crippen molar-refractivity contribution < 1.29 is 4.79 Å². The van der Waals surface area contributed by atoms with Crippen LogP contribution in [0.2, 0.25) is 0 Å². The summed E-state index contributed by atoms with van der Waals surface area (Å²) in [5.41, 5.74) is 3.45. The largest absolute Gasteiger partial charge is 0.326 e. The number of carbonyl (C=O) groups excluding carboxylic acids is 1. The van der Waals surface area contributed by atoms with Crippen molar-refractivity contribution >= 4 is 35.1 Å². The highest BCUT2D eigenvalue weighted by Crippen LogP contribution is 2.31. The van der Waals surface area contributed by atoms with Crippen LogP contribution < -0.4 is 5.32 Å². The second kappa shape index (κ2) is 7.78. The van der Waals surface area contributed by atoms with Gasteiger partial charge in [0.2, 0.25) is 5.91 Å². The third-order valence-corrected chi connectivity index (χ3v) is 5.40. The van der Waals surface area contributed by atoms with Gasteiger partial charge in [-0.05, 0) is 23.3 Å². The first-order valence-corrected chi connectivity index (χ1v) is 9.60. The predicted octanol–water partition coefficient (Wildman–Crippen LogP) is 5.71. The van der Waals surface area contributed by atoms with Crippen molar-refractivity contribution in [3.05, 3.63) is 29.3 Å². The van der Waals surface area contributed by atoms with Gasteiger partial charge in [-0.2, -0.15) is 23.5 Å². The smallest absolute Gasteiger partial charge is 0.221 e. The van der Waals surface area contributed by atoms with Crippen molar-refractivity contribution in [2.24, 2.45) is 0 Å². The average molecular weight is 340 g/mol. The fraction of sp³-hybridized carbons (Fsp3) is 0.611.